The molecule has 2 aromatic heterocycles. The third-order valence-corrected chi connectivity index (χ3v) is 10.1. The van der Waals surface area contributed by atoms with Crippen molar-refractivity contribution in [1.82, 2.24) is 9.97 Å². The molecule has 0 saturated heterocycles. The van der Waals surface area contributed by atoms with Crippen LogP contribution in [0.5, 0.6) is 0 Å². The van der Waals surface area contributed by atoms with E-state index in [1.54, 1.807) is 0 Å². The van der Waals surface area contributed by atoms with Crippen molar-refractivity contribution in [3.8, 4) is 67.0 Å². The SMILES string of the molecule is Cc1ccc(-c2ccc(-c3c4ccccc4c(-c4ccc(-c5ccc(C)cn5)cc4)c4cc(-c5cccc(-c6ccccc6)c5)ccc34)cc2)nc1. The minimum atomic E-state index is 0.979. The third-order valence-electron chi connectivity index (χ3n) is 10.1. The van der Waals surface area contributed by atoms with Gasteiger partial charge in [0.05, 0.1) is 11.4 Å². The second-order valence-corrected chi connectivity index (χ2v) is 13.6. The summed E-state index contributed by atoms with van der Waals surface area (Å²) in [5.41, 5.74) is 16.1. The number of rotatable bonds is 6. The lowest BCUT2D eigenvalue weighted by Gasteiger charge is -2.19. The van der Waals surface area contributed by atoms with Crippen molar-refractivity contribution in [3.05, 3.63) is 193 Å². The summed E-state index contributed by atoms with van der Waals surface area (Å²) in [4.78, 5) is 9.38. The zero-order chi connectivity index (χ0) is 35.0. The molecule has 0 amide bonds. The van der Waals surface area contributed by atoms with Crippen LogP contribution in [0, 0.1) is 13.8 Å². The number of hydrogen-bond acceptors (Lipinski definition) is 2. The number of fused-ring (bicyclic) bond motifs is 2. The Morgan fingerprint density at radius 1 is 0.288 bits per heavy atom. The van der Waals surface area contributed by atoms with E-state index in [1.807, 2.05) is 12.4 Å². The third kappa shape index (κ3) is 5.85. The first-order valence-electron chi connectivity index (χ1n) is 17.8. The lowest BCUT2D eigenvalue weighted by Crippen LogP contribution is -1.92. The summed E-state index contributed by atoms with van der Waals surface area (Å²) < 4.78 is 0. The van der Waals surface area contributed by atoms with Crippen LogP contribution in [0.15, 0.2) is 182 Å². The molecular formula is C50H36N2. The fourth-order valence-corrected chi connectivity index (χ4v) is 7.38. The lowest BCUT2D eigenvalue weighted by atomic mass is 9.84. The van der Waals surface area contributed by atoms with Gasteiger partial charge < -0.3 is 0 Å². The monoisotopic (exact) mass is 664 g/mol. The van der Waals surface area contributed by atoms with Gasteiger partial charge in [0, 0.05) is 23.5 Å². The Morgan fingerprint density at radius 2 is 0.712 bits per heavy atom. The summed E-state index contributed by atoms with van der Waals surface area (Å²) in [6.07, 6.45) is 3.86. The number of aromatic nitrogens is 2. The molecule has 0 radical (unpaired) electrons. The molecule has 0 unspecified atom stereocenters. The quantitative estimate of drug-likeness (QED) is 0.165. The predicted molar refractivity (Wildman–Crippen MR) is 219 cm³/mol. The van der Waals surface area contributed by atoms with Crippen LogP contribution in [0.25, 0.3) is 88.6 Å². The smallest absolute Gasteiger partial charge is 0.0702 e. The van der Waals surface area contributed by atoms with E-state index in [9.17, 15) is 0 Å². The molecule has 7 aromatic carbocycles. The number of aryl methyl sites for hydroxylation is 2. The van der Waals surface area contributed by atoms with E-state index in [2.05, 4.69) is 189 Å². The minimum absolute atomic E-state index is 0.979. The fourth-order valence-electron chi connectivity index (χ4n) is 7.38. The van der Waals surface area contributed by atoms with Gasteiger partial charge in [0.15, 0.2) is 0 Å². The summed E-state index contributed by atoms with van der Waals surface area (Å²) in [6, 6.07) is 61.6. The van der Waals surface area contributed by atoms with Crippen LogP contribution >= 0.6 is 0 Å². The maximum atomic E-state index is 4.70. The molecule has 0 saturated carbocycles. The van der Waals surface area contributed by atoms with Crippen LogP contribution in [0.3, 0.4) is 0 Å². The first-order valence-corrected chi connectivity index (χ1v) is 17.8. The second kappa shape index (κ2) is 13.2. The predicted octanol–water partition coefficient (Wildman–Crippen LogP) is 13.4. The maximum absolute atomic E-state index is 4.70. The van der Waals surface area contributed by atoms with Crippen LogP contribution in [0.1, 0.15) is 11.1 Å². The second-order valence-electron chi connectivity index (χ2n) is 13.6. The highest BCUT2D eigenvalue weighted by molar-refractivity contribution is 6.22. The van der Waals surface area contributed by atoms with Gasteiger partial charge in [-0.2, -0.15) is 0 Å². The Kier molecular flexibility index (Phi) is 7.98. The highest BCUT2D eigenvalue weighted by atomic mass is 14.7. The van der Waals surface area contributed by atoms with Gasteiger partial charge in [-0.05, 0) is 115 Å². The van der Waals surface area contributed by atoms with Crippen molar-refractivity contribution >= 4 is 21.5 Å². The topological polar surface area (TPSA) is 25.8 Å². The first kappa shape index (κ1) is 31.3. The molecule has 2 heteroatoms. The summed E-state index contributed by atoms with van der Waals surface area (Å²) in [6.45, 7) is 4.14. The van der Waals surface area contributed by atoms with E-state index >= 15 is 0 Å². The Bertz CT molecular complexity index is 2690. The molecule has 9 rings (SSSR count). The van der Waals surface area contributed by atoms with Crippen LogP contribution in [-0.4, -0.2) is 9.97 Å². The number of benzene rings is 7. The zero-order valence-corrected chi connectivity index (χ0v) is 29.2. The molecule has 0 aliphatic carbocycles. The van der Waals surface area contributed by atoms with Gasteiger partial charge in [-0.25, -0.2) is 0 Å². The number of hydrogen-bond donors (Lipinski definition) is 0. The molecule has 9 aromatic rings. The van der Waals surface area contributed by atoms with Gasteiger partial charge in [0.2, 0.25) is 0 Å². The van der Waals surface area contributed by atoms with Gasteiger partial charge in [-0.3, -0.25) is 9.97 Å². The minimum Gasteiger partial charge on any atom is -0.256 e. The van der Waals surface area contributed by atoms with Gasteiger partial charge in [-0.15, -0.1) is 0 Å². The summed E-state index contributed by atoms with van der Waals surface area (Å²) in [5, 5.41) is 4.91. The van der Waals surface area contributed by atoms with Crippen molar-refractivity contribution in [2.45, 2.75) is 13.8 Å². The Labute approximate surface area is 304 Å². The van der Waals surface area contributed by atoms with E-state index in [1.165, 1.54) is 66.1 Å². The molecule has 52 heavy (non-hydrogen) atoms. The fraction of sp³-hybridized carbons (Fsp3) is 0.0400. The maximum Gasteiger partial charge on any atom is 0.0702 e. The Balaban J connectivity index is 1.26. The number of nitrogens with zero attached hydrogens (tertiary/aromatic N) is 2. The largest absolute Gasteiger partial charge is 0.256 e. The van der Waals surface area contributed by atoms with Crippen LogP contribution in [-0.2, 0) is 0 Å². The van der Waals surface area contributed by atoms with E-state index in [0.29, 0.717) is 0 Å². The summed E-state index contributed by atoms with van der Waals surface area (Å²) >= 11 is 0. The lowest BCUT2D eigenvalue weighted by molar-refractivity contribution is 1.27. The van der Waals surface area contributed by atoms with Gasteiger partial charge in [-0.1, -0.05) is 146 Å². The molecule has 0 N–H and O–H groups in total. The average molecular weight is 665 g/mol. The number of pyridine rings is 2. The van der Waals surface area contributed by atoms with Gasteiger partial charge in [0.1, 0.15) is 0 Å². The molecule has 0 aliphatic heterocycles. The molecule has 0 aliphatic rings. The van der Waals surface area contributed by atoms with E-state index < -0.39 is 0 Å². The average Bonchev–Trinajstić information content (AvgIpc) is 3.21. The van der Waals surface area contributed by atoms with Crippen molar-refractivity contribution in [3.63, 3.8) is 0 Å². The molecule has 0 spiro atoms. The summed E-state index contributed by atoms with van der Waals surface area (Å²) in [5.74, 6) is 0. The van der Waals surface area contributed by atoms with Crippen molar-refractivity contribution < 1.29 is 0 Å². The molecule has 0 fully saturated rings. The molecule has 0 atom stereocenters. The Morgan fingerprint density at radius 3 is 1.25 bits per heavy atom. The Hall–Kier alpha value is -6.64. The van der Waals surface area contributed by atoms with Crippen LogP contribution in [0.4, 0.5) is 0 Å². The van der Waals surface area contributed by atoms with E-state index in [0.717, 1.165) is 33.6 Å². The summed E-state index contributed by atoms with van der Waals surface area (Å²) in [7, 11) is 0. The van der Waals surface area contributed by atoms with E-state index in [-0.39, 0.29) is 0 Å². The van der Waals surface area contributed by atoms with Gasteiger partial charge in [0.25, 0.3) is 0 Å². The van der Waals surface area contributed by atoms with Gasteiger partial charge >= 0.3 is 0 Å². The molecule has 0 bridgehead atoms. The molecule has 2 nitrogen and oxygen atoms in total. The first-order chi connectivity index (χ1) is 25.6. The highest BCUT2D eigenvalue weighted by Gasteiger charge is 2.18. The standard InChI is InChI=1S/C50H36N2/c1-33-15-27-47(51-31-33)36-17-21-38(22-18-36)49-43-13-6-7-14-44(43)50(39-23-19-37(20-24-39)48-28-16-34(2)32-52-48)46-30-42(25-26-45(46)49)41-12-8-11-40(29-41)35-9-4-3-5-10-35/h3-32H,1-2H3. The molecular weight excluding hydrogens is 629 g/mol. The molecule has 246 valence electrons. The zero-order valence-electron chi connectivity index (χ0n) is 29.2. The molecule has 2 heterocycles. The van der Waals surface area contributed by atoms with Crippen LogP contribution < -0.4 is 0 Å². The van der Waals surface area contributed by atoms with Crippen molar-refractivity contribution in [2.24, 2.45) is 0 Å². The van der Waals surface area contributed by atoms with Crippen molar-refractivity contribution in [1.29, 1.82) is 0 Å². The van der Waals surface area contributed by atoms with E-state index in [4.69, 9.17) is 4.98 Å². The van der Waals surface area contributed by atoms with Crippen LogP contribution in [0.2, 0.25) is 0 Å². The normalized spacial score (nSPS) is 11.3. The van der Waals surface area contributed by atoms with Crippen molar-refractivity contribution in [2.75, 3.05) is 0 Å². The highest BCUT2D eigenvalue weighted by Crippen LogP contribution is 2.45.